The highest BCUT2D eigenvalue weighted by atomic mass is 32.1. The third kappa shape index (κ3) is 4.12. The van der Waals surface area contributed by atoms with E-state index in [2.05, 4.69) is 5.32 Å². The number of carbonyl (C=O) groups is 2. The molecule has 2 aromatic rings. The molecule has 2 amide bonds. The van der Waals surface area contributed by atoms with Gasteiger partial charge in [0.2, 0.25) is 5.91 Å². The summed E-state index contributed by atoms with van der Waals surface area (Å²) in [7, 11) is 3.49. The molecule has 24 heavy (non-hydrogen) atoms. The van der Waals surface area contributed by atoms with Crippen LogP contribution < -0.4 is 15.8 Å². The predicted octanol–water partition coefficient (Wildman–Crippen LogP) is 2.49. The molecule has 0 aliphatic carbocycles. The average molecular weight is 347 g/mol. The van der Waals surface area contributed by atoms with E-state index in [0.717, 1.165) is 11.3 Å². The number of nitrogens with two attached hydrogens (primary N) is 1. The largest absolute Gasteiger partial charge is 0.496 e. The van der Waals surface area contributed by atoms with Crippen LogP contribution in [0.5, 0.6) is 5.75 Å². The number of para-hydroxylation sites is 1. The van der Waals surface area contributed by atoms with E-state index in [-0.39, 0.29) is 18.5 Å². The number of methoxy groups -OCH3 is 1. The maximum atomic E-state index is 12.3. The number of carbonyl (C=O) groups excluding carboxylic acids is 2. The van der Waals surface area contributed by atoms with Crippen LogP contribution in [0, 0.1) is 0 Å². The molecule has 7 heteroatoms. The van der Waals surface area contributed by atoms with E-state index in [9.17, 15) is 9.59 Å². The average Bonchev–Trinajstić information content (AvgIpc) is 3.02. The van der Waals surface area contributed by atoms with Gasteiger partial charge < -0.3 is 15.8 Å². The zero-order valence-corrected chi connectivity index (χ0v) is 14.7. The Labute approximate surface area is 145 Å². The monoisotopic (exact) mass is 347 g/mol. The summed E-state index contributed by atoms with van der Waals surface area (Å²) in [4.78, 5) is 25.5. The molecule has 0 bridgehead atoms. The van der Waals surface area contributed by atoms with Crippen LogP contribution in [0.25, 0.3) is 0 Å². The highest BCUT2D eigenvalue weighted by molar-refractivity contribution is 7.14. The van der Waals surface area contributed by atoms with Crippen molar-refractivity contribution < 1.29 is 14.3 Å². The van der Waals surface area contributed by atoms with Gasteiger partial charge in [-0.3, -0.25) is 14.5 Å². The molecule has 0 aliphatic heterocycles. The summed E-state index contributed by atoms with van der Waals surface area (Å²) in [5, 5.41) is 4.94. The van der Waals surface area contributed by atoms with Crippen molar-refractivity contribution in [1.29, 1.82) is 0 Å². The normalized spacial score (nSPS) is 12.0. The number of amides is 2. The van der Waals surface area contributed by atoms with Crippen LogP contribution in [0.15, 0.2) is 35.7 Å². The summed E-state index contributed by atoms with van der Waals surface area (Å²) in [6.07, 6.45) is 0. The first-order valence-corrected chi connectivity index (χ1v) is 8.32. The molecule has 1 aromatic heterocycles. The van der Waals surface area contributed by atoms with E-state index < -0.39 is 5.91 Å². The minimum absolute atomic E-state index is 0.00848. The standard InChI is InChI=1S/C17H21N3O3S/c1-11(12-6-4-5-7-14(12)23-3)20(2)10-15(21)19-17-13(16(18)22)8-9-24-17/h4-9,11H,10H2,1-3H3,(H2,18,22)(H,19,21)/t11-/m1/s1. The van der Waals surface area contributed by atoms with Crippen LogP contribution in [0.2, 0.25) is 0 Å². The molecule has 6 nitrogen and oxygen atoms in total. The lowest BCUT2D eigenvalue weighted by atomic mass is 10.1. The molecule has 0 unspecified atom stereocenters. The lowest BCUT2D eigenvalue weighted by Gasteiger charge is -2.25. The lowest BCUT2D eigenvalue weighted by molar-refractivity contribution is -0.117. The van der Waals surface area contributed by atoms with E-state index in [1.165, 1.54) is 11.3 Å². The fraction of sp³-hybridized carbons (Fsp3) is 0.294. The van der Waals surface area contributed by atoms with Crippen molar-refractivity contribution in [3.05, 3.63) is 46.8 Å². The lowest BCUT2D eigenvalue weighted by Crippen LogP contribution is -2.32. The molecule has 1 heterocycles. The first-order chi connectivity index (χ1) is 11.4. The Hall–Kier alpha value is -2.38. The summed E-state index contributed by atoms with van der Waals surface area (Å²) < 4.78 is 5.37. The van der Waals surface area contributed by atoms with Gasteiger partial charge in [-0.1, -0.05) is 18.2 Å². The number of likely N-dealkylation sites (N-methyl/N-ethyl adjacent to an activating group) is 1. The summed E-state index contributed by atoms with van der Waals surface area (Å²) >= 11 is 1.27. The molecule has 0 saturated heterocycles. The van der Waals surface area contributed by atoms with Gasteiger partial charge in [0.1, 0.15) is 10.8 Å². The Morgan fingerprint density at radius 3 is 2.71 bits per heavy atom. The highest BCUT2D eigenvalue weighted by Crippen LogP contribution is 2.28. The van der Waals surface area contributed by atoms with Gasteiger partial charge in [0, 0.05) is 11.6 Å². The van der Waals surface area contributed by atoms with E-state index in [4.69, 9.17) is 10.5 Å². The summed E-state index contributed by atoms with van der Waals surface area (Å²) in [6, 6.07) is 9.30. The molecule has 1 atom stereocenters. The summed E-state index contributed by atoms with van der Waals surface area (Å²) in [6.45, 7) is 2.18. The van der Waals surface area contributed by atoms with Crippen molar-refractivity contribution in [1.82, 2.24) is 4.90 Å². The zero-order valence-electron chi connectivity index (χ0n) is 13.9. The van der Waals surface area contributed by atoms with Crippen LogP contribution >= 0.6 is 11.3 Å². The topological polar surface area (TPSA) is 84.7 Å². The van der Waals surface area contributed by atoms with Gasteiger partial charge in [-0.15, -0.1) is 11.3 Å². The number of rotatable bonds is 7. The molecule has 0 spiro atoms. The quantitative estimate of drug-likeness (QED) is 0.806. The van der Waals surface area contributed by atoms with Crippen LogP contribution in [0.3, 0.4) is 0 Å². The van der Waals surface area contributed by atoms with E-state index in [0.29, 0.717) is 10.6 Å². The molecule has 3 N–H and O–H groups in total. The van der Waals surface area contributed by atoms with Gasteiger partial charge in [0.25, 0.3) is 5.91 Å². The van der Waals surface area contributed by atoms with Crippen molar-refractivity contribution in [2.45, 2.75) is 13.0 Å². The van der Waals surface area contributed by atoms with Crippen molar-refractivity contribution >= 4 is 28.2 Å². The Morgan fingerprint density at radius 2 is 2.04 bits per heavy atom. The molecule has 0 fully saturated rings. The maximum Gasteiger partial charge on any atom is 0.251 e. The van der Waals surface area contributed by atoms with Gasteiger partial charge in [0.05, 0.1) is 19.2 Å². The predicted molar refractivity (Wildman–Crippen MR) is 95.5 cm³/mol. The molecular weight excluding hydrogens is 326 g/mol. The van der Waals surface area contributed by atoms with Crippen LogP contribution in [-0.4, -0.2) is 37.4 Å². The Bertz CT molecular complexity index is 729. The van der Waals surface area contributed by atoms with E-state index in [1.807, 2.05) is 43.1 Å². The number of hydrogen-bond acceptors (Lipinski definition) is 5. The van der Waals surface area contributed by atoms with Crippen LogP contribution in [0.1, 0.15) is 28.9 Å². The number of hydrogen-bond donors (Lipinski definition) is 2. The van der Waals surface area contributed by atoms with E-state index in [1.54, 1.807) is 18.6 Å². The number of ether oxygens (including phenoxy) is 1. The molecular formula is C17H21N3O3S. The summed E-state index contributed by atoms with van der Waals surface area (Å²) in [5.41, 5.74) is 6.62. The second kappa shape index (κ2) is 7.94. The highest BCUT2D eigenvalue weighted by Gasteiger charge is 2.19. The maximum absolute atomic E-state index is 12.3. The Morgan fingerprint density at radius 1 is 1.33 bits per heavy atom. The smallest absolute Gasteiger partial charge is 0.251 e. The van der Waals surface area contributed by atoms with E-state index >= 15 is 0 Å². The number of thiophene rings is 1. The van der Waals surface area contributed by atoms with Gasteiger partial charge in [-0.25, -0.2) is 0 Å². The first kappa shape index (κ1) is 18.0. The van der Waals surface area contributed by atoms with Gasteiger partial charge in [-0.2, -0.15) is 0 Å². The first-order valence-electron chi connectivity index (χ1n) is 7.44. The third-order valence-corrected chi connectivity index (χ3v) is 4.66. The number of benzene rings is 1. The molecule has 0 saturated carbocycles. The van der Waals surface area contributed by atoms with Crippen LogP contribution in [0.4, 0.5) is 5.00 Å². The van der Waals surface area contributed by atoms with Gasteiger partial charge in [-0.05, 0) is 31.5 Å². The number of nitrogens with zero attached hydrogens (tertiary/aromatic N) is 1. The fourth-order valence-corrected chi connectivity index (χ4v) is 3.19. The van der Waals surface area contributed by atoms with Crippen molar-refractivity contribution in [2.75, 3.05) is 26.0 Å². The molecule has 128 valence electrons. The molecule has 0 radical (unpaired) electrons. The SMILES string of the molecule is COc1ccccc1[C@@H](C)N(C)CC(=O)Nc1sccc1C(N)=O. The molecule has 2 rings (SSSR count). The second-order valence-corrected chi connectivity index (χ2v) is 6.32. The number of anilines is 1. The Kier molecular flexibility index (Phi) is 5.94. The summed E-state index contributed by atoms with van der Waals surface area (Å²) in [5.74, 6) is 0.0259. The second-order valence-electron chi connectivity index (χ2n) is 5.41. The number of primary amides is 1. The molecule has 1 aromatic carbocycles. The third-order valence-electron chi connectivity index (χ3n) is 3.83. The van der Waals surface area contributed by atoms with Gasteiger partial charge >= 0.3 is 0 Å². The minimum atomic E-state index is -0.553. The molecule has 0 aliphatic rings. The van der Waals surface area contributed by atoms with Crippen LogP contribution in [-0.2, 0) is 4.79 Å². The van der Waals surface area contributed by atoms with Gasteiger partial charge in [0.15, 0.2) is 0 Å². The van der Waals surface area contributed by atoms with Crippen molar-refractivity contribution in [2.24, 2.45) is 5.73 Å². The number of nitrogens with one attached hydrogen (secondary N) is 1. The minimum Gasteiger partial charge on any atom is -0.496 e. The van der Waals surface area contributed by atoms with Crippen molar-refractivity contribution in [3.8, 4) is 5.75 Å². The Balaban J connectivity index is 2.03. The fourth-order valence-electron chi connectivity index (χ4n) is 2.38. The zero-order chi connectivity index (χ0) is 17.7. The van der Waals surface area contributed by atoms with Crippen molar-refractivity contribution in [3.63, 3.8) is 0 Å².